The second-order valence-corrected chi connectivity index (χ2v) is 7.18. The molecule has 0 unspecified atom stereocenters. The molecule has 0 spiro atoms. The van der Waals surface area contributed by atoms with E-state index in [1.54, 1.807) is 0 Å². The molecule has 1 saturated carbocycles. The van der Waals surface area contributed by atoms with Gasteiger partial charge < -0.3 is 4.90 Å². The van der Waals surface area contributed by atoms with Crippen LogP contribution >= 0.6 is 11.3 Å². The van der Waals surface area contributed by atoms with Crippen LogP contribution in [0.25, 0.3) is 0 Å². The molecular formula is C11H14N2O2S2. The minimum absolute atomic E-state index is 0.513. The van der Waals surface area contributed by atoms with Crippen molar-refractivity contribution in [2.75, 3.05) is 29.5 Å². The molecule has 4 nitrogen and oxygen atoms in total. The number of rotatable bonds is 3. The van der Waals surface area contributed by atoms with Crippen molar-refractivity contribution in [3.05, 3.63) is 10.6 Å². The lowest BCUT2D eigenvalue weighted by Gasteiger charge is -2.25. The summed E-state index contributed by atoms with van der Waals surface area (Å²) in [6.07, 6.45) is 3.25. The lowest BCUT2D eigenvalue weighted by Crippen LogP contribution is -2.37. The molecule has 1 saturated heterocycles. The van der Waals surface area contributed by atoms with Gasteiger partial charge in [-0.1, -0.05) is 11.3 Å². The highest BCUT2D eigenvalue weighted by Gasteiger charge is 2.30. The van der Waals surface area contributed by atoms with Gasteiger partial charge in [0.1, 0.15) is 0 Å². The molecule has 2 heterocycles. The first kappa shape index (κ1) is 11.3. The molecular weight excluding hydrogens is 256 g/mol. The van der Waals surface area contributed by atoms with Crippen LogP contribution in [0.15, 0.2) is 0 Å². The number of carbonyl (C=O) groups is 1. The molecule has 0 bridgehead atoms. The van der Waals surface area contributed by atoms with Crippen LogP contribution in [-0.2, 0) is 10.8 Å². The van der Waals surface area contributed by atoms with Gasteiger partial charge in [0.15, 0.2) is 11.4 Å². The molecule has 1 aliphatic heterocycles. The van der Waals surface area contributed by atoms with Gasteiger partial charge in [-0.25, -0.2) is 4.98 Å². The molecule has 0 N–H and O–H groups in total. The summed E-state index contributed by atoms with van der Waals surface area (Å²) in [6.45, 7) is 1.59. The van der Waals surface area contributed by atoms with Gasteiger partial charge in [0.25, 0.3) is 0 Å². The van der Waals surface area contributed by atoms with Gasteiger partial charge in [-0.2, -0.15) is 0 Å². The number of aromatic nitrogens is 1. The average Bonchev–Trinajstić information content (AvgIpc) is 3.10. The lowest BCUT2D eigenvalue weighted by molar-refractivity contribution is 0.112. The van der Waals surface area contributed by atoms with Crippen molar-refractivity contribution in [2.24, 2.45) is 0 Å². The van der Waals surface area contributed by atoms with E-state index >= 15 is 0 Å². The van der Waals surface area contributed by atoms with Crippen molar-refractivity contribution in [3.63, 3.8) is 0 Å². The zero-order valence-electron chi connectivity index (χ0n) is 9.42. The monoisotopic (exact) mass is 270 g/mol. The first-order valence-corrected chi connectivity index (χ1v) is 8.14. The third-order valence-electron chi connectivity index (χ3n) is 3.19. The summed E-state index contributed by atoms with van der Waals surface area (Å²) < 4.78 is 11.3. The number of anilines is 1. The summed E-state index contributed by atoms with van der Waals surface area (Å²) in [5.74, 6) is 1.95. The molecule has 1 aromatic heterocycles. The molecule has 2 aliphatic rings. The predicted molar refractivity (Wildman–Crippen MR) is 69.6 cm³/mol. The topological polar surface area (TPSA) is 50.3 Å². The smallest absolute Gasteiger partial charge is 0.186 e. The van der Waals surface area contributed by atoms with E-state index in [0.717, 1.165) is 59.4 Å². The SMILES string of the molecule is O=Cc1sc(N2CCS(=O)CC2)nc1C1CC1. The molecule has 3 rings (SSSR count). The van der Waals surface area contributed by atoms with E-state index in [9.17, 15) is 9.00 Å². The highest BCUT2D eigenvalue weighted by atomic mass is 32.2. The van der Waals surface area contributed by atoms with Gasteiger partial charge in [0.05, 0.1) is 10.6 Å². The summed E-state index contributed by atoms with van der Waals surface area (Å²) >= 11 is 1.48. The Labute approximate surface area is 106 Å². The van der Waals surface area contributed by atoms with Crippen molar-refractivity contribution in [3.8, 4) is 0 Å². The summed E-state index contributed by atoms with van der Waals surface area (Å²) in [4.78, 5) is 18.6. The highest BCUT2D eigenvalue weighted by molar-refractivity contribution is 7.85. The maximum atomic E-state index is 11.3. The lowest BCUT2D eigenvalue weighted by atomic mass is 10.3. The molecule has 6 heteroatoms. The van der Waals surface area contributed by atoms with Crippen molar-refractivity contribution in [1.29, 1.82) is 0 Å². The molecule has 17 heavy (non-hydrogen) atoms. The van der Waals surface area contributed by atoms with Crippen molar-refractivity contribution in [2.45, 2.75) is 18.8 Å². The third kappa shape index (κ3) is 2.28. The maximum Gasteiger partial charge on any atom is 0.186 e. The van der Waals surface area contributed by atoms with Crippen molar-refractivity contribution >= 4 is 33.6 Å². The van der Waals surface area contributed by atoms with E-state index in [1.165, 1.54) is 11.3 Å². The fourth-order valence-electron chi connectivity index (χ4n) is 2.03. The van der Waals surface area contributed by atoms with Crippen LogP contribution in [0.4, 0.5) is 5.13 Å². The quantitative estimate of drug-likeness (QED) is 0.779. The van der Waals surface area contributed by atoms with Gasteiger partial charge >= 0.3 is 0 Å². The Hall–Kier alpha value is -0.750. The Morgan fingerprint density at radius 2 is 2.06 bits per heavy atom. The Morgan fingerprint density at radius 1 is 1.35 bits per heavy atom. The highest BCUT2D eigenvalue weighted by Crippen LogP contribution is 2.43. The minimum atomic E-state index is -0.666. The van der Waals surface area contributed by atoms with E-state index in [0.29, 0.717) is 5.92 Å². The zero-order chi connectivity index (χ0) is 11.8. The molecule has 0 aromatic carbocycles. The predicted octanol–water partition coefficient (Wildman–Crippen LogP) is 1.40. The number of hydrogen-bond acceptors (Lipinski definition) is 5. The van der Waals surface area contributed by atoms with Crippen molar-refractivity contribution in [1.82, 2.24) is 4.98 Å². The second-order valence-electron chi connectivity index (χ2n) is 4.47. The van der Waals surface area contributed by atoms with Crippen LogP contribution in [0.1, 0.15) is 34.1 Å². The fourth-order valence-corrected chi connectivity index (χ4v) is 4.10. The van der Waals surface area contributed by atoms with E-state index in [-0.39, 0.29) is 0 Å². The van der Waals surface area contributed by atoms with Crippen LogP contribution in [0.5, 0.6) is 0 Å². The van der Waals surface area contributed by atoms with Crippen molar-refractivity contribution < 1.29 is 9.00 Å². The van der Waals surface area contributed by atoms with Gasteiger partial charge in [0, 0.05) is 41.3 Å². The minimum Gasteiger partial charge on any atom is -0.346 e. The van der Waals surface area contributed by atoms with E-state index in [2.05, 4.69) is 9.88 Å². The zero-order valence-corrected chi connectivity index (χ0v) is 11.1. The van der Waals surface area contributed by atoms with Crippen LogP contribution in [0.3, 0.4) is 0 Å². The summed E-state index contributed by atoms with van der Waals surface area (Å²) in [5, 5.41) is 0.936. The second kappa shape index (κ2) is 4.49. The van der Waals surface area contributed by atoms with E-state index in [4.69, 9.17) is 0 Å². The Bertz CT molecular complexity index is 458. The Kier molecular flexibility index (Phi) is 3.00. The molecule has 0 amide bonds. The van der Waals surface area contributed by atoms with E-state index < -0.39 is 10.8 Å². The fraction of sp³-hybridized carbons (Fsp3) is 0.636. The normalized spacial score (nSPS) is 21.8. The summed E-state index contributed by atoms with van der Waals surface area (Å²) in [6, 6.07) is 0. The van der Waals surface area contributed by atoms with Gasteiger partial charge in [0.2, 0.25) is 0 Å². The van der Waals surface area contributed by atoms with Gasteiger partial charge in [-0.05, 0) is 12.8 Å². The number of thiazole rings is 1. The Balaban J connectivity index is 1.82. The number of nitrogens with zero attached hydrogens (tertiary/aromatic N) is 2. The first-order valence-electron chi connectivity index (χ1n) is 5.84. The summed E-state index contributed by atoms with van der Waals surface area (Å²) in [7, 11) is -0.666. The first-order chi connectivity index (χ1) is 8.28. The molecule has 92 valence electrons. The van der Waals surface area contributed by atoms with Gasteiger partial charge in [-0.15, -0.1) is 0 Å². The number of hydrogen-bond donors (Lipinski definition) is 0. The standard InChI is InChI=1S/C11H14N2O2S2/c14-7-9-10(8-1-2-8)12-11(16-9)13-3-5-17(15)6-4-13/h7-8H,1-6H2. The molecule has 2 fully saturated rings. The van der Waals surface area contributed by atoms with Crippen LogP contribution in [0, 0.1) is 0 Å². The van der Waals surface area contributed by atoms with Crippen LogP contribution in [0.2, 0.25) is 0 Å². The van der Waals surface area contributed by atoms with Gasteiger partial charge in [-0.3, -0.25) is 9.00 Å². The van der Waals surface area contributed by atoms with Crippen LogP contribution < -0.4 is 4.90 Å². The van der Waals surface area contributed by atoms with Crippen LogP contribution in [-0.4, -0.2) is 40.1 Å². The molecule has 1 aromatic rings. The number of carbonyl (C=O) groups excluding carboxylic acids is 1. The molecule has 0 radical (unpaired) electrons. The largest absolute Gasteiger partial charge is 0.346 e. The molecule has 1 aliphatic carbocycles. The Morgan fingerprint density at radius 3 is 2.65 bits per heavy atom. The third-order valence-corrected chi connectivity index (χ3v) is 5.52. The maximum absolute atomic E-state index is 11.3. The molecule has 0 atom stereocenters. The average molecular weight is 270 g/mol. The number of aldehydes is 1. The summed E-state index contributed by atoms with van der Waals surface area (Å²) in [5.41, 5.74) is 0.992. The van der Waals surface area contributed by atoms with E-state index in [1.807, 2.05) is 0 Å².